The van der Waals surface area contributed by atoms with Gasteiger partial charge in [0.2, 0.25) is 12.2 Å². The number of nitrogens with zero attached hydrogens (tertiary/aromatic N) is 2. The fourth-order valence-electron chi connectivity index (χ4n) is 1.47. The third-order valence-corrected chi connectivity index (χ3v) is 2.39. The second kappa shape index (κ2) is 6.16. The SMILES string of the molecule is CC(C)NCc1cccc(OCc2ncon2)c1. The van der Waals surface area contributed by atoms with Gasteiger partial charge in [-0.3, -0.25) is 0 Å². The van der Waals surface area contributed by atoms with E-state index in [9.17, 15) is 0 Å². The molecule has 1 N–H and O–H groups in total. The Bertz CT molecular complexity index is 469. The molecule has 0 aliphatic rings. The van der Waals surface area contributed by atoms with E-state index in [2.05, 4.69) is 39.9 Å². The fraction of sp³-hybridized carbons (Fsp3) is 0.385. The summed E-state index contributed by atoms with van der Waals surface area (Å²) in [5.74, 6) is 1.35. The summed E-state index contributed by atoms with van der Waals surface area (Å²) in [7, 11) is 0. The van der Waals surface area contributed by atoms with Gasteiger partial charge in [-0.15, -0.1) is 0 Å². The molecule has 0 amide bonds. The molecule has 18 heavy (non-hydrogen) atoms. The molecule has 1 heterocycles. The molecule has 0 saturated heterocycles. The van der Waals surface area contributed by atoms with Crippen molar-refractivity contribution in [2.75, 3.05) is 0 Å². The molecule has 0 saturated carbocycles. The molecule has 2 rings (SSSR count). The minimum absolute atomic E-state index is 0.317. The lowest BCUT2D eigenvalue weighted by molar-refractivity contribution is 0.286. The zero-order valence-corrected chi connectivity index (χ0v) is 10.6. The normalized spacial score (nSPS) is 10.8. The smallest absolute Gasteiger partial charge is 0.213 e. The number of ether oxygens (including phenoxy) is 1. The maximum absolute atomic E-state index is 5.59. The quantitative estimate of drug-likeness (QED) is 0.847. The molecular formula is C13H17N3O2. The molecule has 96 valence electrons. The average molecular weight is 247 g/mol. The van der Waals surface area contributed by atoms with Crippen LogP contribution >= 0.6 is 0 Å². The number of aromatic nitrogens is 2. The lowest BCUT2D eigenvalue weighted by Gasteiger charge is -2.09. The van der Waals surface area contributed by atoms with Gasteiger partial charge < -0.3 is 14.6 Å². The minimum Gasteiger partial charge on any atom is -0.485 e. The Labute approximate surface area is 106 Å². The van der Waals surface area contributed by atoms with Crippen LogP contribution in [-0.4, -0.2) is 16.2 Å². The van der Waals surface area contributed by atoms with Gasteiger partial charge in [0.05, 0.1) is 0 Å². The van der Waals surface area contributed by atoms with E-state index in [1.54, 1.807) is 0 Å². The van der Waals surface area contributed by atoms with Crippen LogP contribution in [0.15, 0.2) is 35.2 Å². The van der Waals surface area contributed by atoms with Crippen molar-refractivity contribution in [3.63, 3.8) is 0 Å². The van der Waals surface area contributed by atoms with Gasteiger partial charge in [-0.2, -0.15) is 4.98 Å². The number of hydrogen-bond donors (Lipinski definition) is 1. The van der Waals surface area contributed by atoms with Gasteiger partial charge >= 0.3 is 0 Å². The third-order valence-electron chi connectivity index (χ3n) is 2.39. The number of nitrogens with one attached hydrogen (secondary N) is 1. The predicted molar refractivity (Wildman–Crippen MR) is 67.0 cm³/mol. The maximum atomic E-state index is 5.59. The predicted octanol–water partition coefficient (Wildman–Crippen LogP) is 2.15. The molecule has 1 aromatic heterocycles. The molecule has 0 bridgehead atoms. The van der Waals surface area contributed by atoms with Crippen LogP contribution in [0.3, 0.4) is 0 Å². The Kier molecular flexibility index (Phi) is 4.30. The largest absolute Gasteiger partial charge is 0.485 e. The summed E-state index contributed by atoms with van der Waals surface area (Å²) in [5, 5.41) is 7.05. The topological polar surface area (TPSA) is 60.2 Å². The van der Waals surface area contributed by atoms with Gasteiger partial charge in [-0.25, -0.2) is 0 Å². The van der Waals surface area contributed by atoms with E-state index < -0.39 is 0 Å². The van der Waals surface area contributed by atoms with Crippen LogP contribution in [0.1, 0.15) is 25.2 Å². The molecule has 5 heteroatoms. The molecule has 0 spiro atoms. The van der Waals surface area contributed by atoms with E-state index in [0.717, 1.165) is 12.3 Å². The standard InChI is InChI=1S/C13H17N3O2/c1-10(2)14-7-11-4-3-5-12(6-11)17-8-13-15-9-18-16-13/h3-6,9-10,14H,7-8H2,1-2H3. The molecule has 0 aliphatic heterocycles. The Hall–Kier alpha value is -1.88. The van der Waals surface area contributed by atoms with Gasteiger partial charge in [0.25, 0.3) is 0 Å². The summed E-state index contributed by atoms with van der Waals surface area (Å²) in [4.78, 5) is 3.90. The molecule has 2 aromatic rings. The summed E-state index contributed by atoms with van der Waals surface area (Å²) in [6.45, 7) is 5.39. The van der Waals surface area contributed by atoms with Crippen LogP contribution in [0.25, 0.3) is 0 Å². The first-order valence-corrected chi connectivity index (χ1v) is 5.94. The Morgan fingerprint density at radius 1 is 1.39 bits per heavy atom. The highest BCUT2D eigenvalue weighted by Gasteiger charge is 2.01. The summed E-state index contributed by atoms with van der Waals surface area (Å²) in [6, 6.07) is 8.43. The second-order valence-corrected chi connectivity index (χ2v) is 4.32. The van der Waals surface area contributed by atoms with Crippen molar-refractivity contribution in [2.45, 2.75) is 33.0 Å². The van der Waals surface area contributed by atoms with Gasteiger partial charge in [0.1, 0.15) is 5.75 Å². The van der Waals surface area contributed by atoms with E-state index in [0.29, 0.717) is 18.5 Å². The molecule has 0 atom stereocenters. The molecule has 5 nitrogen and oxygen atoms in total. The monoisotopic (exact) mass is 247 g/mol. The highest BCUT2D eigenvalue weighted by Crippen LogP contribution is 2.14. The number of hydrogen-bond acceptors (Lipinski definition) is 5. The molecular weight excluding hydrogens is 230 g/mol. The number of benzene rings is 1. The summed E-state index contributed by atoms with van der Waals surface area (Å²) in [5.41, 5.74) is 1.19. The van der Waals surface area contributed by atoms with E-state index >= 15 is 0 Å². The zero-order valence-electron chi connectivity index (χ0n) is 10.6. The highest BCUT2D eigenvalue weighted by atomic mass is 16.5. The van der Waals surface area contributed by atoms with Crippen LogP contribution in [0.4, 0.5) is 0 Å². The van der Waals surface area contributed by atoms with Crippen molar-refractivity contribution in [1.82, 2.24) is 15.5 Å². The van der Waals surface area contributed by atoms with E-state index in [1.807, 2.05) is 18.2 Å². The van der Waals surface area contributed by atoms with Crippen LogP contribution < -0.4 is 10.1 Å². The van der Waals surface area contributed by atoms with Crippen molar-refractivity contribution >= 4 is 0 Å². The Morgan fingerprint density at radius 3 is 3.00 bits per heavy atom. The van der Waals surface area contributed by atoms with Crippen molar-refractivity contribution in [2.24, 2.45) is 0 Å². The van der Waals surface area contributed by atoms with Crippen LogP contribution in [0.2, 0.25) is 0 Å². The Morgan fingerprint density at radius 2 is 2.28 bits per heavy atom. The first-order valence-electron chi connectivity index (χ1n) is 5.94. The highest BCUT2D eigenvalue weighted by molar-refractivity contribution is 5.28. The van der Waals surface area contributed by atoms with E-state index in [-0.39, 0.29) is 0 Å². The van der Waals surface area contributed by atoms with Crippen LogP contribution in [0.5, 0.6) is 5.75 Å². The van der Waals surface area contributed by atoms with Gasteiger partial charge in [-0.1, -0.05) is 31.1 Å². The van der Waals surface area contributed by atoms with Crippen LogP contribution in [0, 0.1) is 0 Å². The summed E-state index contributed by atoms with van der Waals surface area (Å²) in [6.07, 6.45) is 1.29. The van der Waals surface area contributed by atoms with E-state index in [4.69, 9.17) is 4.74 Å². The van der Waals surface area contributed by atoms with Gasteiger partial charge in [0.15, 0.2) is 6.61 Å². The number of rotatable bonds is 6. The van der Waals surface area contributed by atoms with E-state index in [1.165, 1.54) is 12.0 Å². The Balaban J connectivity index is 1.90. The lowest BCUT2D eigenvalue weighted by Crippen LogP contribution is -2.21. The fourth-order valence-corrected chi connectivity index (χ4v) is 1.47. The summed E-state index contributed by atoms with van der Waals surface area (Å²) >= 11 is 0. The molecule has 1 aromatic carbocycles. The van der Waals surface area contributed by atoms with Crippen molar-refractivity contribution in [3.05, 3.63) is 42.0 Å². The molecule has 0 aliphatic carbocycles. The lowest BCUT2D eigenvalue weighted by atomic mass is 10.2. The third kappa shape index (κ3) is 3.85. The van der Waals surface area contributed by atoms with Crippen molar-refractivity contribution in [1.29, 1.82) is 0 Å². The molecule has 0 fully saturated rings. The molecule has 0 unspecified atom stereocenters. The summed E-state index contributed by atoms with van der Waals surface area (Å²) < 4.78 is 10.2. The minimum atomic E-state index is 0.317. The first kappa shape index (κ1) is 12.6. The second-order valence-electron chi connectivity index (χ2n) is 4.32. The van der Waals surface area contributed by atoms with Crippen LogP contribution in [-0.2, 0) is 13.2 Å². The molecule has 0 radical (unpaired) electrons. The zero-order chi connectivity index (χ0) is 12.8. The van der Waals surface area contributed by atoms with Gasteiger partial charge in [0, 0.05) is 12.6 Å². The first-order chi connectivity index (χ1) is 8.74. The maximum Gasteiger partial charge on any atom is 0.213 e. The van der Waals surface area contributed by atoms with Gasteiger partial charge in [-0.05, 0) is 17.7 Å². The van der Waals surface area contributed by atoms with Crippen molar-refractivity contribution < 1.29 is 9.26 Å². The van der Waals surface area contributed by atoms with Crippen molar-refractivity contribution in [3.8, 4) is 5.75 Å². The average Bonchev–Trinajstić information content (AvgIpc) is 2.87.